The Balaban J connectivity index is 1.88. The topological polar surface area (TPSA) is 29.9 Å². The van der Waals surface area contributed by atoms with Crippen LogP contribution in [0.1, 0.15) is 41.5 Å². The molecule has 0 bridgehead atoms. The fourth-order valence-corrected chi connectivity index (χ4v) is 2.93. The van der Waals surface area contributed by atoms with E-state index in [1.807, 2.05) is 0 Å². The maximum atomic E-state index is 4.91. The minimum absolute atomic E-state index is 0.687. The molecule has 4 rings (SSSR count). The molecule has 0 amide bonds. The van der Waals surface area contributed by atoms with E-state index in [1.165, 1.54) is 41.3 Å². The molecule has 1 aliphatic heterocycles. The number of nitrogens with one attached hydrogen (secondary N) is 1. The molecule has 1 N–H and O–H groups in total. The zero-order valence-corrected chi connectivity index (χ0v) is 11.3. The highest BCUT2D eigenvalue weighted by Crippen LogP contribution is 2.41. The molecule has 1 aromatic carbocycles. The normalized spacial score (nSPS) is 18.4. The molecule has 2 heterocycles. The summed E-state index contributed by atoms with van der Waals surface area (Å²) in [6, 6.07) is 8.84. The van der Waals surface area contributed by atoms with Gasteiger partial charge in [-0.3, -0.25) is 0 Å². The number of hydrogen-bond donors (Lipinski definition) is 1. The molecule has 3 nitrogen and oxygen atoms in total. The van der Waals surface area contributed by atoms with E-state index < -0.39 is 0 Å². The van der Waals surface area contributed by atoms with Crippen LogP contribution in [0.25, 0.3) is 5.69 Å². The van der Waals surface area contributed by atoms with Gasteiger partial charge in [-0.15, -0.1) is 0 Å². The second-order valence-electron chi connectivity index (χ2n) is 5.74. The number of imidazole rings is 1. The smallest absolute Gasteiger partial charge is 0.116 e. The van der Waals surface area contributed by atoms with Gasteiger partial charge in [0.1, 0.15) is 5.82 Å². The molecular weight excluding hydrogens is 234 g/mol. The summed E-state index contributed by atoms with van der Waals surface area (Å²) in [5.41, 5.74) is 5.27. The van der Waals surface area contributed by atoms with Crippen LogP contribution in [0.15, 0.2) is 24.3 Å². The fraction of sp³-hybridized carbons (Fsp3) is 0.438. The molecule has 19 heavy (non-hydrogen) atoms. The zero-order valence-electron chi connectivity index (χ0n) is 11.3. The van der Waals surface area contributed by atoms with Crippen LogP contribution in [0.4, 0.5) is 0 Å². The summed E-state index contributed by atoms with van der Waals surface area (Å²) >= 11 is 0. The van der Waals surface area contributed by atoms with Crippen molar-refractivity contribution < 1.29 is 0 Å². The van der Waals surface area contributed by atoms with Crippen molar-refractivity contribution in [1.82, 2.24) is 14.9 Å². The highest BCUT2D eigenvalue weighted by Gasteiger charge is 2.32. The van der Waals surface area contributed by atoms with E-state index in [-0.39, 0.29) is 0 Å². The van der Waals surface area contributed by atoms with E-state index in [0.29, 0.717) is 5.92 Å². The fourth-order valence-electron chi connectivity index (χ4n) is 2.93. The predicted octanol–water partition coefficient (Wildman–Crippen LogP) is 2.70. The second-order valence-corrected chi connectivity index (χ2v) is 5.74. The molecule has 2 aromatic rings. The van der Waals surface area contributed by atoms with Crippen LogP contribution >= 0.6 is 0 Å². The lowest BCUT2D eigenvalue weighted by Gasteiger charge is -2.16. The minimum atomic E-state index is 0.687. The van der Waals surface area contributed by atoms with Crippen LogP contribution in [0, 0.1) is 6.92 Å². The third kappa shape index (κ3) is 1.89. The lowest BCUT2D eigenvalue weighted by atomic mass is 10.1. The molecule has 0 atom stereocenters. The van der Waals surface area contributed by atoms with Gasteiger partial charge in [0.25, 0.3) is 0 Å². The van der Waals surface area contributed by atoms with Crippen molar-refractivity contribution in [2.24, 2.45) is 0 Å². The Morgan fingerprint density at radius 1 is 1.21 bits per heavy atom. The van der Waals surface area contributed by atoms with E-state index >= 15 is 0 Å². The standard InChI is InChI=1S/C16H19N3/c1-11-2-6-13(7-3-11)19-15-8-9-17-10-14(15)18-16(19)12-4-5-12/h2-3,6-7,12,17H,4-5,8-10H2,1H3. The number of aryl methyl sites for hydroxylation is 1. The largest absolute Gasteiger partial charge is 0.311 e. The Labute approximate surface area is 113 Å². The van der Waals surface area contributed by atoms with Crippen LogP contribution in [-0.4, -0.2) is 16.1 Å². The highest BCUT2D eigenvalue weighted by molar-refractivity contribution is 5.41. The molecule has 1 fully saturated rings. The Morgan fingerprint density at radius 3 is 2.74 bits per heavy atom. The van der Waals surface area contributed by atoms with Crippen molar-refractivity contribution in [3.05, 3.63) is 47.0 Å². The molecule has 98 valence electrons. The number of fused-ring (bicyclic) bond motifs is 1. The van der Waals surface area contributed by atoms with Crippen molar-refractivity contribution in [1.29, 1.82) is 0 Å². The van der Waals surface area contributed by atoms with Gasteiger partial charge in [-0.2, -0.15) is 0 Å². The Bertz CT molecular complexity index is 606. The molecule has 1 saturated carbocycles. The van der Waals surface area contributed by atoms with Crippen LogP contribution in [-0.2, 0) is 13.0 Å². The van der Waals surface area contributed by atoms with Gasteiger partial charge in [-0.05, 0) is 31.9 Å². The van der Waals surface area contributed by atoms with E-state index in [9.17, 15) is 0 Å². The van der Waals surface area contributed by atoms with Crippen molar-refractivity contribution in [2.75, 3.05) is 6.54 Å². The van der Waals surface area contributed by atoms with Gasteiger partial charge < -0.3 is 9.88 Å². The summed E-state index contributed by atoms with van der Waals surface area (Å²) in [5.74, 6) is 1.98. The number of nitrogens with zero attached hydrogens (tertiary/aromatic N) is 2. The molecule has 3 heteroatoms. The van der Waals surface area contributed by atoms with Crippen molar-refractivity contribution in [3.8, 4) is 5.69 Å². The predicted molar refractivity (Wildman–Crippen MR) is 75.7 cm³/mol. The molecule has 0 spiro atoms. The molecular formula is C16H19N3. The average molecular weight is 253 g/mol. The summed E-state index contributed by atoms with van der Waals surface area (Å²) in [4.78, 5) is 4.91. The van der Waals surface area contributed by atoms with Gasteiger partial charge >= 0.3 is 0 Å². The summed E-state index contributed by atoms with van der Waals surface area (Å²) in [5, 5.41) is 3.43. The maximum Gasteiger partial charge on any atom is 0.116 e. The minimum Gasteiger partial charge on any atom is -0.311 e. The van der Waals surface area contributed by atoms with Crippen LogP contribution in [0.2, 0.25) is 0 Å². The Kier molecular flexibility index (Phi) is 2.49. The van der Waals surface area contributed by atoms with Gasteiger partial charge in [-0.25, -0.2) is 4.98 Å². The molecule has 0 saturated heterocycles. The zero-order chi connectivity index (χ0) is 12.8. The van der Waals surface area contributed by atoms with Gasteiger partial charge in [0.15, 0.2) is 0 Å². The third-order valence-corrected chi connectivity index (χ3v) is 4.15. The molecule has 0 radical (unpaired) electrons. The van der Waals surface area contributed by atoms with Gasteiger partial charge in [0, 0.05) is 36.8 Å². The van der Waals surface area contributed by atoms with Gasteiger partial charge in [0.2, 0.25) is 0 Å². The first-order valence-corrected chi connectivity index (χ1v) is 7.21. The Morgan fingerprint density at radius 2 is 2.00 bits per heavy atom. The molecule has 1 aromatic heterocycles. The lowest BCUT2D eigenvalue weighted by molar-refractivity contribution is 0.620. The van der Waals surface area contributed by atoms with E-state index in [4.69, 9.17) is 4.98 Å². The Hall–Kier alpha value is -1.61. The first-order chi connectivity index (χ1) is 9.33. The number of hydrogen-bond acceptors (Lipinski definition) is 2. The summed E-state index contributed by atoms with van der Waals surface area (Å²) in [6.07, 6.45) is 3.69. The first kappa shape index (κ1) is 11.2. The summed E-state index contributed by atoms with van der Waals surface area (Å²) in [6.45, 7) is 4.13. The highest BCUT2D eigenvalue weighted by atomic mass is 15.1. The first-order valence-electron chi connectivity index (χ1n) is 7.21. The van der Waals surface area contributed by atoms with Crippen LogP contribution in [0.3, 0.4) is 0 Å². The quantitative estimate of drug-likeness (QED) is 0.892. The number of aromatic nitrogens is 2. The molecule has 1 aliphatic carbocycles. The number of benzene rings is 1. The third-order valence-electron chi connectivity index (χ3n) is 4.15. The van der Waals surface area contributed by atoms with E-state index in [1.54, 1.807) is 0 Å². The van der Waals surface area contributed by atoms with Crippen LogP contribution in [0.5, 0.6) is 0 Å². The monoisotopic (exact) mass is 253 g/mol. The lowest BCUT2D eigenvalue weighted by Crippen LogP contribution is -2.24. The van der Waals surface area contributed by atoms with Crippen LogP contribution < -0.4 is 5.32 Å². The van der Waals surface area contributed by atoms with Crippen molar-refractivity contribution in [3.63, 3.8) is 0 Å². The maximum absolute atomic E-state index is 4.91. The van der Waals surface area contributed by atoms with Crippen molar-refractivity contribution in [2.45, 2.75) is 38.6 Å². The molecule has 2 aliphatic rings. The van der Waals surface area contributed by atoms with Crippen molar-refractivity contribution >= 4 is 0 Å². The summed E-state index contributed by atoms with van der Waals surface area (Å²) < 4.78 is 2.42. The average Bonchev–Trinajstić information content (AvgIpc) is 3.21. The van der Waals surface area contributed by atoms with Gasteiger partial charge in [0.05, 0.1) is 5.69 Å². The molecule has 0 unspecified atom stereocenters. The van der Waals surface area contributed by atoms with E-state index in [2.05, 4.69) is 41.1 Å². The SMILES string of the molecule is Cc1ccc(-n2c(C3CC3)nc3c2CCNC3)cc1. The van der Waals surface area contributed by atoms with Gasteiger partial charge in [-0.1, -0.05) is 17.7 Å². The van der Waals surface area contributed by atoms with E-state index in [0.717, 1.165) is 19.5 Å². The second kappa shape index (κ2) is 4.20. The summed E-state index contributed by atoms with van der Waals surface area (Å²) in [7, 11) is 0. The number of rotatable bonds is 2.